The molecule has 2 N–H and O–H groups in total. The second-order valence-electron chi connectivity index (χ2n) is 4.76. The van der Waals surface area contributed by atoms with Crippen LogP contribution in [0, 0.1) is 5.41 Å². The second kappa shape index (κ2) is 5.82. The molecular weight excluding hydrogens is 216 g/mol. The Balaban J connectivity index is 2.74. The molecule has 0 saturated carbocycles. The van der Waals surface area contributed by atoms with E-state index in [0.717, 1.165) is 18.8 Å². The number of nitrogens with zero attached hydrogens (tertiary/aromatic N) is 2. The van der Waals surface area contributed by atoms with Crippen molar-refractivity contribution in [1.82, 2.24) is 20.2 Å². The number of carbonyl (C=O) groups excluding carboxylic acids is 1. The minimum atomic E-state index is -0.434. The van der Waals surface area contributed by atoms with Crippen LogP contribution in [0.5, 0.6) is 0 Å². The average Bonchev–Trinajstić information content (AvgIpc) is 2.71. The van der Waals surface area contributed by atoms with Crippen molar-refractivity contribution in [2.75, 3.05) is 13.6 Å². The van der Waals surface area contributed by atoms with E-state index in [9.17, 15) is 4.79 Å². The van der Waals surface area contributed by atoms with Crippen molar-refractivity contribution in [3.8, 4) is 0 Å². The quantitative estimate of drug-likeness (QED) is 0.769. The Labute approximate surface area is 103 Å². The van der Waals surface area contributed by atoms with Crippen molar-refractivity contribution in [3.05, 3.63) is 18.2 Å². The van der Waals surface area contributed by atoms with Crippen LogP contribution in [0.1, 0.15) is 26.5 Å². The molecule has 0 atom stereocenters. The van der Waals surface area contributed by atoms with Gasteiger partial charge in [0.15, 0.2) is 0 Å². The van der Waals surface area contributed by atoms with E-state index in [-0.39, 0.29) is 5.91 Å². The molecule has 0 radical (unpaired) electrons. The van der Waals surface area contributed by atoms with Gasteiger partial charge in [0.05, 0.1) is 17.4 Å². The van der Waals surface area contributed by atoms with Gasteiger partial charge < -0.3 is 15.2 Å². The summed E-state index contributed by atoms with van der Waals surface area (Å²) in [5, 5.41) is 5.95. The Hall–Kier alpha value is -1.36. The number of hydrogen-bond donors (Lipinski definition) is 2. The number of nitrogens with one attached hydrogen (secondary N) is 2. The van der Waals surface area contributed by atoms with Gasteiger partial charge in [-0.05, 0) is 20.4 Å². The summed E-state index contributed by atoms with van der Waals surface area (Å²) in [4.78, 5) is 15.9. The van der Waals surface area contributed by atoms with E-state index in [1.807, 2.05) is 24.6 Å². The van der Waals surface area contributed by atoms with Gasteiger partial charge >= 0.3 is 0 Å². The molecule has 5 heteroatoms. The van der Waals surface area contributed by atoms with E-state index in [0.29, 0.717) is 6.54 Å². The molecule has 1 amide bonds. The lowest BCUT2D eigenvalue weighted by Gasteiger charge is -2.24. The van der Waals surface area contributed by atoms with Gasteiger partial charge in [-0.15, -0.1) is 0 Å². The summed E-state index contributed by atoms with van der Waals surface area (Å²) in [6, 6.07) is 0. The van der Waals surface area contributed by atoms with E-state index < -0.39 is 5.41 Å². The fourth-order valence-corrected chi connectivity index (χ4v) is 1.73. The third-order valence-corrected chi connectivity index (χ3v) is 2.76. The Kier molecular flexibility index (Phi) is 4.69. The summed E-state index contributed by atoms with van der Waals surface area (Å²) in [7, 11) is 1.66. The van der Waals surface area contributed by atoms with E-state index in [4.69, 9.17) is 0 Å². The number of amides is 1. The molecule has 0 aliphatic carbocycles. The first-order valence-corrected chi connectivity index (χ1v) is 5.93. The first kappa shape index (κ1) is 13.7. The maximum absolute atomic E-state index is 11.7. The van der Waals surface area contributed by atoms with Crippen molar-refractivity contribution in [1.29, 1.82) is 0 Å². The Morgan fingerprint density at radius 3 is 2.82 bits per heavy atom. The van der Waals surface area contributed by atoms with E-state index in [2.05, 4.69) is 22.5 Å². The molecule has 1 aromatic rings. The molecule has 0 fully saturated rings. The molecule has 96 valence electrons. The predicted molar refractivity (Wildman–Crippen MR) is 67.5 cm³/mol. The van der Waals surface area contributed by atoms with Gasteiger partial charge in [-0.2, -0.15) is 0 Å². The third-order valence-electron chi connectivity index (χ3n) is 2.76. The zero-order valence-electron chi connectivity index (χ0n) is 11.1. The van der Waals surface area contributed by atoms with Gasteiger partial charge in [0.2, 0.25) is 5.91 Å². The van der Waals surface area contributed by atoms with Gasteiger partial charge in [0.1, 0.15) is 0 Å². The van der Waals surface area contributed by atoms with Crippen molar-refractivity contribution < 1.29 is 4.79 Å². The third kappa shape index (κ3) is 3.56. The van der Waals surface area contributed by atoms with Gasteiger partial charge in [0, 0.05) is 26.3 Å². The molecule has 1 aromatic heterocycles. The van der Waals surface area contributed by atoms with Gasteiger partial charge in [-0.3, -0.25) is 4.79 Å². The summed E-state index contributed by atoms with van der Waals surface area (Å²) in [6.07, 6.45) is 3.61. The molecule has 0 bridgehead atoms. The lowest BCUT2D eigenvalue weighted by Crippen LogP contribution is -2.38. The summed E-state index contributed by atoms with van der Waals surface area (Å²) < 4.78 is 2.03. The normalized spacial score (nSPS) is 11.5. The molecule has 17 heavy (non-hydrogen) atoms. The number of hydrogen-bond acceptors (Lipinski definition) is 3. The van der Waals surface area contributed by atoms with Crippen molar-refractivity contribution in [3.63, 3.8) is 0 Å². The highest BCUT2D eigenvalue weighted by Gasteiger charge is 2.27. The fourth-order valence-electron chi connectivity index (χ4n) is 1.73. The Bertz CT molecular complexity index is 370. The first-order chi connectivity index (χ1) is 8.01. The lowest BCUT2D eigenvalue weighted by atomic mass is 9.92. The van der Waals surface area contributed by atoms with Crippen LogP contribution in [0.15, 0.2) is 12.5 Å². The van der Waals surface area contributed by atoms with Crippen LogP contribution in [0.3, 0.4) is 0 Å². The number of carbonyl (C=O) groups is 1. The van der Waals surface area contributed by atoms with Crippen molar-refractivity contribution in [2.45, 2.75) is 33.9 Å². The summed E-state index contributed by atoms with van der Waals surface area (Å²) in [5.74, 6) is 0.0422. The van der Waals surface area contributed by atoms with Crippen LogP contribution in [0.4, 0.5) is 0 Å². The number of aromatic nitrogens is 2. The monoisotopic (exact) mass is 238 g/mol. The average molecular weight is 238 g/mol. The van der Waals surface area contributed by atoms with Crippen molar-refractivity contribution >= 4 is 5.91 Å². The Morgan fingerprint density at radius 1 is 1.53 bits per heavy atom. The molecule has 0 aromatic carbocycles. The molecule has 1 heterocycles. The largest absolute Gasteiger partial charge is 0.359 e. The molecule has 0 saturated heterocycles. The topological polar surface area (TPSA) is 59.0 Å². The highest BCUT2D eigenvalue weighted by Crippen LogP contribution is 2.19. The van der Waals surface area contributed by atoms with Gasteiger partial charge in [-0.25, -0.2) is 4.98 Å². The summed E-state index contributed by atoms with van der Waals surface area (Å²) >= 11 is 0. The predicted octanol–water partition coefficient (Wildman–Crippen LogP) is 0.765. The van der Waals surface area contributed by atoms with Gasteiger partial charge in [0.25, 0.3) is 0 Å². The molecule has 0 unspecified atom stereocenters. The number of imidazole rings is 1. The molecule has 5 nitrogen and oxygen atoms in total. The van der Waals surface area contributed by atoms with Crippen LogP contribution in [0.2, 0.25) is 0 Å². The van der Waals surface area contributed by atoms with Gasteiger partial charge in [-0.1, -0.05) is 6.92 Å². The number of rotatable bonds is 6. The molecule has 0 spiro atoms. The molecule has 1 rings (SSSR count). The highest BCUT2D eigenvalue weighted by atomic mass is 16.2. The SMILES string of the molecule is CCNCc1cncn1CC(C)(C)C(=O)NC. The molecule has 0 aliphatic heterocycles. The van der Waals surface area contributed by atoms with Crippen LogP contribution >= 0.6 is 0 Å². The fraction of sp³-hybridized carbons (Fsp3) is 0.667. The maximum Gasteiger partial charge on any atom is 0.227 e. The van der Waals surface area contributed by atoms with E-state index >= 15 is 0 Å². The first-order valence-electron chi connectivity index (χ1n) is 5.93. The summed E-state index contributed by atoms with van der Waals surface area (Å²) in [6.45, 7) is 8.26. The molecular formula is C12H22N4O. The van der Waals surface area contributed by atoms with Crippen LogP contribution in [-0.4, -0.2) is 29.1 Å². The summed E-state index contributed by atoms with van der Waals surface area (Å²) in [5.41, 5.74) is 0.667. The van der Waals surface area contributed by atoms with Crippen LogP contribution < -0.4 is 10.6 Å². The van der Waals surface area contributed by atoms with E-state index in [1.165, 1.54) is 0 Å². The van der Waals surface area contributed by atoms with E-state index in [1.54, 1.807) is 13.4 Å². The standard InChI is InChI=1S/C12H22N4O/c1-5-14-6-10-7-15-9-16(10)8-12(2,3)11(17)13-4/h7,9,14H,5-6,8H2,1-4H3,(H,13,17). The Morgan fingerprint density at radius 2 is 2.24 bits per heavy atom. The highest BCUT2D eigenvalue weighted by molar-refractivity contribution is 5.81. The smallest absolute Gasteiger partial charge is 0.227 e. The van der Waals surface area contributed by atoms with Crippen molar-refractivity contribution in [2.24, 2.45) is 5.41 Å². The molecule has 0 aliphatic rings. The van der Waals surface area contributed by atoms with Crippen LogP contribution in [-0.2, 0) is 17.9 Å². The zero-order chi connectivity index (χ0) is 12.9. The van der Waals surface area contributed by atoms with Crippen LogP contribution in [0.25, 0.3) is 0 Å². The minimum Gasteiger partial charge on any atom is -0.359 e. The zero-order valence-corrected chi connectivity index (χ0v) is 11.1. The lowest BCUT2D eigenvalue weighted by molar-refractivity contribution is -0.129. The second-order valence-corrected chi connectivity index (χ2v) is 4.76. The maximum atomic E-state index is 11.7. The minimum absolute atomic E-state index is 0.0422.